The Hall–Kier alpha value is 0.01000. The first-order valence-electron chi connectivity index (χ1n) is 7.68. The van der Waals surface area contributed by atoms with Gasteiger partial charge >= 0.3 is 0 Å². The molecule has 3 nitrogen and oxygen atoms in total. The largest absolute Gasteiger partial charge is 0.378 e. The first-order valence-corrected chi connectivity index (χ1v) is 8.44. The van der Waals surface area contributed by atoms with Gasteiger partial charge < -0.3 is 9.64 Å². The van der Waals surface area contributed by atoms with E-state index in [1.165, 1.54) is 25.7 Å². The number of halogens is 2. The molecule has 20 heavy (non-hydrogen) atoms. The van der Waals surface area contributed by atoms with Crippen LogP contribution < -0.4 is 0 Å². The summed E-state index contributed by atoms with van der Waals surface area (Å²) in [5.41, 5.74) is 0.191. The van der Waals surface area contributed by atoms with Gasteiger partial charge in [-0.2, -0.15) is 0 Å². The first kappa shape index (κ1) is 14.9. The van der Waals surface area contributed by atoms with Crippen LogP contribution in [0.3, 0.4) is 0 Å². The Morgan fingerprint density at radius 1 is 1.35 bits per heavy atom. The van der Waals surface area contributed by atoms with Crippen molar-refractivity contribution in [2.45, 2.75) is 61.9 Å². The maximum absolute atomic E-state index is 12.5. The molecule has 3 unspecified atom stereocenters. The lowest BCUT2D eigenvalue weighted by molar-refractivity contribution is -0.173. The summed E-state index contributed by atoms with van der Waals surface area (Å²) < 4.78 is 5.08. The van der Waals surface area contributed by atoms with E-state index in [9.17, 15) is 4.79 Å². The average molecular weight is 320 g/mol. The fourth-order valence-electron chi connectivity index (χ4n) is 4.27. The molecule has 0 aromatic heterocycles. The maximum atomic E-state index is 12.5. The zero-order chi connectivity index (χ0) is 14.5. The zero-order valence-electron chi connectivity index (χ0n) is 12.2. The minimum Gasteiger partial charge on any atom is -0.378 e. The topological polar surface area (TPSA) is 29.5 Å². The summed E-state index contributed by atoms with van der Waals surface area (Å²) in [5.74, 6) is -0.0957. The van der Waals surface area contributed by atoms with Crippen molar-refractivity contribution in [3.05, 3.63) is 0 Å². The molecule has 3 rings (SSSR count). The van der Waals surface area contributed by atoms with Crippen LogP contribution in [-0.2, 0) is 9.53 Å². The number of carbonyl (C=O) groups is 1. The lowest BCUT2D eigenvalue weighted by atomic mass is 9.60. The summed E-state index contributed by atoms with van der Waals surface area (Å²) >= 11 is 12.1. The molecule has 1 spiro atoms. The molecule has 3 aliphatic rings. The highest BCUT2D eigenvalue weighted by Crippen LogP contribution is 2.58. The van der Waals surface area contributed by atoms with Crippen LogP contribution in [0.4, 0.5) is 0 Å². The van der Waals surface area contributed by atoms with Gasteiger partial charge in [0.25, 0.3) is 0 Å². The van der Waals surface area contributed by atoms with Crippen LogP contribution in [0.25, 0.3) is 0 Å². The number of nitrogens with zero attached hydrogens (tertiary/aromatic N) is 1. The smallest absolute Gasteiger partial charge is 0.228 e. The highest BCUT2D eigenvalue weighted by Gasteiger charge is 2.62. The van der Waals surface area contributed by atoms with Gasteiger partial charge in [0.2, 0.25) is 5.91 Å². The van der Waals surface area contributed by atoms with Crippen molar-refractivity contribution in [1.82, 2.24) is 4.90 Å². The molecule has 3 atom stereocenters. The second-order valence-corrected chi connectivity index (χ2v) is 8.15. The SMILES string of the molecule is CCOC1CC(N(C)C(=O)C2CC2(Cl)Cl)C12CCCC2. The molecule has 0 aliphatic heterocycles. The van der Waals surface area contributed by atoms with Gasteiger partial charge in [0.1, 0.15) is 4.33 Å². The number of hydrogen-bond donors (Lipinski definition) is 0. The highest BCUT2D eigenvalue weighted by atomic mass is 35.5. The van der Waals surface area contributed by atoms with E-state index in [1.807, 2.05) is 18.9 Å². The van der Waals surface area contributed by atoms with E-state index in [-0.39, 0.29) is 17.2 Å². The van der Waals surface area contributed by atoms with Crippen LogP contribution in [0.1, 0.15) is 45.4 Å². The van der Waals surface area contributed by atoms with Crippen molar-refractivity contribution in [3.63, 3.8) is 0 Å². The van der Waals surface area contributed by atoms with Crippen molar-refractivity contribution in [1.29, 1.82) is 0 Å². The number of amides is 1. The predicted octanol–water partition coefficient (Wildman–Crippen LogP) is 3.38. The van der Waals surface area contributed by atoms with Crippen molar-refractivity contribution < 1.29 is 9.53 Å². The Labute approximate surface area is 130 Å². The van der Waals surface area contributed by atoms with Crippen LogP contribution in [0, 0.1) is 11.3 Å². The lowest BCUT2D eigenvalue weighted by Crippen LogP contribution is -2.64. The van der Waals surface area contributed by atoms with Gasteiger partial charge in [-0.15, -0.1) is 23.2 Å². The molecule has 0 radical (unpaired) electrons. The van der Waals surface area contributed by atoms with E-state index in [4.69, 9.17) is 27.9 Å². The van der Waals surface area contributed by atoms with E-state index in [1.54, 1.807) is 0 Å². The van der Waals surface area contributed by atoms with Gasteiger partial charge in [0.05, 0.1) is 12.0 Å². The number of carbonyl (C=O) groups excluding carboxylic acids is 1. The molecule has 0 aromatic rings. The Balaban J connectivity index is 1.69. The maximum Gasteiger partial charge on any atom is 0.228 e. The Bertz CT molecular complexity index is 407. The third kappa shape index (κ3) is 2.17. The second-order valence-electron chi connectivity index (χ2n) is 6.60. The summed E-state index contributed by atoms with van der Waals surface area (Å²) in [5, 5.41) is 0. The predicted molar refractivity (Wildman–Crippen MR) is 80.0 cm³/mol. The molecule has 0 heterocycles. The fraction of sp³-hybridized carbons (Fsp3) is 0.933. The Kier molecular flexibility index (Phi) is 3.75. The average Bonchev–Trinajstić information content (AvgIpc) is 2.83. The summed E-state index contributed by atoms with van der Waals surface area (Å²) in [7, 11) is 1.91. The molecule has 3 aliphatic carbocycles. The third-order valence-corrected chi connectivity index (χ3v) is 6.42. The summed E-state index contributed by atoms with van der Waals surface area (Å²) in [6.07, 6.45) is 6.73. The van der Waals surface area contributed by atoms with Crippen LogP contribution in [0.2, 0.25) is 0 Å². The third-order valence-electron chi connectivity index (χ3n) is 5.58. The molecular formula is C15H23Cl2NO2. The molecule has 5 heteroatoms. The van der Waals surface area contributed by atoms with Gasteiger partial charge in [-0.05, 0) is 32.6 Å². The molecule has 0 saturated heterocycles. The number of rotatable bonds is 4. The Morgan fingerprint density at radius 3 is 2.45 bits per heavy atom. The van der Waals surface area contributed by atoms with E-state index in [0.717, 1.165) is 13.0 Å². The van der Waals surface area contributed by atoms with Crippen molar-refractivity contribution in [2.24, 2.45) is 11.3 Å². The molecule has 0 N–H and O–H groups in total. The molecule has 114 valence electrons. The summed E-state index contributed by atoms with van der Waals surface area (Å²) in [4.78, 5) is 14.4. The van der Waals surface area contributed by atoms with Crippen molar-refractivity contribution in [2.75, 3.05) is 13.7 Å². The van der Waals surface area contributed by atoms with E-state index in [0.29, 0.717) is 18.6 Å². The summed E-state index contributed by atoms with van der Waals surface area (Å²) in [6, 6.07) is 0.304. The van der Waals surface area contributed by atoms with Gasteiger partial charge in [-0.1, -0.05) is 12.8 Å². The van der Waals surface area contributed by atoms with Crippen LogP contribution in [0.5, 0.6) is 0 Å². The molecule has 1 amide bonds. The Morgan fingerprint density at radius 2 is 1.95 bits per heavy atom. The quantitative estimate of drug-likeness (QED) is 0.743. The van der Waals surface area contributed by atoms with Crippen LogP contribution in [-0.4, -0.2) is 40.9 Å². The van der Waals surface area contributed by atoms with Gasteiger partial charge in [-0.25, -0.2) is 0 Å². The van der Waals surface area contributed by atoms with Gasteiger partial charge in [0, 0.05) is 25.1 Å². The first-order chi connectivity index (χ1) is 9.42. The van der Waals surface area contributed by atoms with Crippen molar-refractivity contribution in [3.8, 4) is 0 Å². The molecular weight excluding hydrogens is 297 g/mol. The summed E-state index contributed by atoms with van der Waals surface area (Å²) in [6.45, 7) is 2.80. The van der Waals surface area contributed by atoms with Gasteiger partial charge in [-0.3, -0.25) is 4.79 Å². The van der Waals surface area contributed by atoms with E-state index in [2.05, 4.69) is 0 Å². The highest BCUT2D eigenvalue weighted by molar-refractivity contribution is 6.52. The minimum absolute atomic E-state index is 0.112. The minimum atomic E-state index is -0.822. The molecule has 3 fully saturated rings. The monoisotopic (exact) mass is 319 g/mol. The molecule has 0 aromatic carbocycles. The number of alkyl halides is 2. The van der Waals surface area contributed by atoms with Crippen molar-refractivity contribution >= 4 is 29.1 Å². The number of hydrogen-bond acceptors (Lipinski definition) is 2. The normalized spacial score (nSPS) is 36.7. The second kappa shape index (κ2) is 5.03. The standard InChI is InChI=1S/C15H23Cl2NO2/c1-3-20-12-8-11(14(12)6-4-5-7-14)18(2)13(19)10-9-15(10,16)17/h10-12H,3-9H2,1-2H3. The van der Waals surface area contributed by atoms with Crippen LogP contribution in [0.15, 0.2) is 0 Å². The molecule has 3 saturated carbocycles. The number of ether oxygens (including phenoxy) is 1. The lowest BCUT2D eigenvalue weighted by Gasteiger charge is -2.57. The van der Waals surface area contributed by atoms with E-state index >= 15 is 0 Å². The fourth-order valence-corrected chi connectivity index (χ4v) is 4.77. The molecule has 0 bridgehead atoms. The van der Waals surface area contributed by atoms with Crippen LogP contribution >= 0.6 is 23.2 Å². The van der Waals surface area contributed by atoms with E-state index < -0.39 is 4.33 Å². The van der Waals surface area contributed by atoms with Gasteiger partial charge in [0.15, 0.2) is 0 Å². The zero-order valence-corrected chi connectivity index (χ0v) is 13.7.